The average Bonchev–Trinajstić information content (AvgIpc) is 2.85. The third-order valence-corrected chi connectivity index (χ3v) is 5.68. The fourth-order valence-corrected chi connectivity index (χ4v) is 3.89. The number of nitrogens with one attached hydrogen (secondary N) is 1. The van der Waals surface area contributed by atoms with Gasteiger partial charge in [-0.25, -0.2) is 9.59 Å². The summed E-state index contributed by atoms with van der Waals surface area (Å²) in [5.74, 6) is -1.49. The van der Waals surface area contributed by atoms with Gasteiger partial charge in [-0.3, -0.25) is 4.98 Å². The highest BCUT2D eigenvalue weighted by atomic mass is 16.7. The summed E-state index contributed by atoms with van der Waals surface area (Å²) < 4.78 is 21.7. The predicted octanol–water partition coefficient (Wildman–Crippen LogP) is 4.64. The molecular formula is C27H35N3O6. The third kappa shape index (κ3) is 6.90. The van der Waals surface area contributed by atoms with Gasteiger partial charge in [0.05, 0.1) is 19.9 Å². The number of carbonyl (C=O) groups is 2. The molecule has 9 nitrogen and oxygen atoms in total. The van der Waals surface area contributed by atoms with Crippen LogP contribution in [-0.4, -0.2) is 48.4 Å². The molecule has 1 aromatic carbocycles. The fraction of sp³-hybridized carbons (Fsp3) is 0.444. The second kappa shape index (κ2) is 12.3. The normalized spacial score (nSPS) is 14.5. The maximum absolute atomic E-state index is 13.1. The Morgan fingerprint density at radius 1 is 1.06 bits per heavy atom. The number of nitrogens with zero attached hydrogens (tertiary/aromatic N) is 2. The van der Waals surface area contributed by atoms with Crippen LogP contribution in [0.2, 0.25) is 0 Å². The van der Waals surface area contributed by atoms with Gasteiger partial charge in [0, 0.05) is 45.4 Å². The number of esters is 2. The largest absolute Gasteiger partial charge is 0.497 e. The van der Waals surface area contributed by atoms with Crippen LogP contribution >= 0.6 is 0 Å². The Kier molecular flexibility index (Phi) is 9.16. The molecule has 1 aromatic heterocycles. The van der Waals surface area contributed by atoms with E-state index < -0.39 is 17.7 Å². The zero-order valence-corrected chi connectivity index (χ0v) is 21.6. The molecule has 1 aliphatic heterocycles. The van der Waals surface area contributed by atoms with E-state index in [4.69, 9.17) is 18.9 Å². The minimum Gasteiger partial charge on any atom is -0.497 e. The van der Waals surface area contributed by atoms with Crippen molar-refractivity contribution in [2.24, 2.45) is 0 Å². The van der Waals surface area contributed by atoms with Crippen LogP contribution in [-0.2, 0) is 25.6 Å². The number of rotatable bonds is 12. The molecular weight excluding hydrogens is 462 g/mol. The lowest BCUT2D eigenvalue weighted by Crippen LogP contribution is -2.44. The summed E-state index contributed by atoms with van der Waals surface area (Å²) in [7, 11) is 3.10. The van der Waals surface area contributed by atoms with Gasteiger partial charge in [0.25, 0.3) is 5.79 Å². The van der Waals surface area contributed by atoms with Crippen LogP contribution in [0.4, 0.5) is 5.69 Å². The lowest BCUT2D eigenvalue weighted by atomic mass is 10.1. The molecule has 0 atom stereocenters. The zero-order valence-electron chi connectivity index (χ0n) is 21.6. The Hall–Kier alpha value is -3.75. The van der Waals surface area contributed by atoms with Gasteiger partial charge in [-0.15, -0.1) is 0 Å². The quantitative estimate of drug-likeness (QED) is 0.195. The zero-order chi connectivity index (χ0) is 26.1. The summed E-state index contributed by atoms with van der Waals surface area (Å²) >= 11 is 0. The lowest BCUT2D eigenvalue weighted by molar-refractivity contribution is -0.222. The first-order valence-electron chi connectivity index (χ1n) is 12.1. The van der Waals surface area contributed by atoms with E-state index in [1.54, 1.807) is 37.7 Å². The van der Waals surface area contributed by atoms with Gasteiger partial charge in [0.2, 0.25) is 0 Å². The van der Waals surface area contributed by atoms with E-state index in [1.807, 2.05) is 17.0 Å². The van der Waals surface area contributed by atoms with Gasteiger partial charge in [-0.2, -0.15) is 0 Å². The molecule has 2 heterocycles. The summed E-state index contributed by atoms with van der Waals surface area (Å²) in [6, 6.07) is 9.05. The standard InChI is InChI=1S/C27H35N3O6/c1-6-7-8-9-15-30(18-19-11-10-14-28-17-19)24(23-25(31)35-27(2,3)36-26(23)32)29-21-13-12-20(33-4)16-22(21)34-5/h10-14,16-17,29H,6-9,15,18H2,1-5H3. The first-order chi connectivity index (χ1) is 17.3. The van der Waals surface area contributed by atoms with Crippen LogP contribution in [0.3, 0.4) is 0 Å². The number of methoxy groups -OCH3 is 2. The number of hydrogen-bond donors (Lipinski definition) is 1. The number of ether oxygens (including phenoxy) is 4. The van der Waals surface area contributed by atoms with Crippen LogP contribution in [0.1, 0.15) is 52.0 Å². The first-order valence-corrected chi connectivity index (χ1v) is 12.1. The fourth-order valence-electron chi connectivity index (χ4n) is 3.89. The van der Waals surface area contributed by atoms with Gasteiger partial charge in [0.1, 0.15) is 17.3 Å². The van der Waals surface area contributed by atoms with E-state index in [0.29, 0.717) is 30.3 Å². The molecule has 0 aliphatic carbocycles. The lowest BCUT2D eigenvalue weighted by Gasteiger charge is -2.34. The Bertz CT molecular complexity index is 1060. The SMILES string of the molecule is CCCCCCN(Cc1cccnc1)C(Nc1ccc(OC)cc1OC)=C1C(=O)OC(C)(C)OC1=O. The third-order valence-electron chi connectivity index (χ3n) is 5.68. The summed E-state index contributed by atoms with van der Waals surface area (Å²) in [6.45, 7) is 6.19. The summed E-state index contributed by atoms with van der Waals surface area (Å²) in [5, 5.41) is 3.27. The second-order valence-corrected chi connectivity index (χ2v) is 8.94. The number of hydrogen-bond acceptors (Lipinski definition) is 9. The monoisotopic (exact) mass is 497 g/mol. The molecule has 1 N–H and O–H groups in total. The molecule has 9 heteroatoms. The maximum atomic E-state index is 13.1. The maximum Gasteiger partial charge on any atom is 0.352 e. The van der Waals surface area contributed by atoms with Gasteiger partial charge in [0.15, 0.2) is 5.57 Å². The highest BCUT2D eigenvalue weighted by Gasteiger charge is 2.42. The number of cyclic esters (lactones) is 2. The van der Waals surface area contributed by atoms with Crippen molar-refractivity contribution >= 4 is 17.6 Å². The number of aromatic nitrogens is 1. The molecule has 0 saturated carbocycles. The highest BCUT2D eigenvalue weighted by molar-refractivity contribution is 6.16. The van der Waals surface area contributed by atoms with Gasteiger partial charge in [-0.1, -0.05) is 32.3 Å². The van der Waals surface area contributed by atoms with Crippen LogP contribution < -0.4 is 14.8 Å². The minimum atomic E-state index is -1.35. The molecule has 0 bridgehead atoms. The highest BCUT2D eigenvalue weighted by Crippen LogP contribution is 2.33. The minimum absolute atomic E-state index is 0.202. The molecule has 0 radical (unpaired) electrons. The molecule has 36 heavy (non-hydrogen) atoms. The molecule has 2 aromatic rings. The van der Waals surface area contributed by atoms with Crippen molar-refractivity contribution < 1.29 is 28.5 Å². The number of pyridine rings is 1. The van der Waals surface area contributed by atoms with Crippen molar-refractivity contribution in [2.45, 2.75) is 58.8 Å². The van der Waals surface area contributed by atoms with Crippen LogP contribution in [0.5, 0.6) is 11.5 Å². The first kappa shape index (κ1) is 26.8. The Morgan fingerprint density at radius 2 is 1.81 bits per heavy atom. The van der Waals surface area contributed by atoms with Crippen LogP contribution in [0.15, 0.2) is 54.1 Å². The number of unbranched alkanes of at least 4 members (excludes halogenated alkanes) is 3. The average molecular weight is 498 g/mol. The van der Waals surface area contributed by atoms with Gasteiger partial charge < -0.3 is 29.2 Å². The van der Waals surface area contributed by atoms with Crippen molar-refractivity contribution in [3.8, 4) is 11.5 Å². The smallest absolute Gasteiger partial charge is 0.352 e. The molecule has 0 amide bonds. The van der Waals surface area contributed by atoms with Crippen molar-refractivity contribution in [3.05, 3.63) is 59.7 Å². The van der Waals surface area contributed by atoms with Crippen LogP contribution in [0, 0.1) is 0 Å². The molecule has 0 unspecified atom stereocenters. The van der Waals surface area contributed by atoms with E-state index in [9.17, 15) is 9.59 Å². The van der Waals surface area contributed by atoms with Crippen molar-refractivity contribution in [1.29, 1.82) is 0 Å². The Morgan fingerprint density at radius 3 is 2.42 bits per heavy atom. The molecule has 3 rings (SSSR count). The van der Waals surface area contributed by atoms with Crippen molar-refractivity contribution in [1.82, 2.24) is 9.88 Å². The van der Waals surface area contributed by atoms with Gasteiger partial charge >= 0.3 is 11.9 Å². The predicted molar refractivity (Wildman–Crippen MR) is 135 cm³/mol. The van der Waals surface area contributed by atoms with E-state index in [0.717, 1.165) is 31.2 Å². The van der Waals surface area contributed by atoms with Gasteiger partial charge in [-0.05, 0) is 30.2 Å². The summed E-state index contributed by atoms with van der Waals surface area (Å²) in [5.41, 5.74) is 1.27. The summed E-state index contributed by atoms with van der Waals surface area (Å²) in [6.07, 6.45) is 7.51. The number of carbonyl (C=O) groups excluding carboxylic acids is 2. The second-order valence-electron chi connectivity index (χ2n) is 8.94. The molecule has 1 saturated heterocycles. The molecule has 1 fully saturated rings. The topological polar surface area (TPSA) is 99.2 Å². The molecule has 194 valence electrons. The Labute approximate surface area is 212 Å². The Balaban J connectivity index is 2.09. The number of benzene rings is 1. The van der Waals surface area contributed by atoms with E-state index in [2.05, 4.69) is 17.2 Å². The van der Waals surface area contributed by atoms with E-state index in [-0.39, 0.29) is 11.4 Å². The van der Waals surface area contributed by atoms with Crippen LogP contribution in [0.25, 0.3) is 0 Å². The van der Waals surface area contributed by atoms with Crippen molar-refractivity contribution in [2.75, 3.05) is 26.1 Å². The van der Waals surface area contributed by atoms with Crippen molar-refractivity contribution in [3.63, 3.8) is 0 Å². The van der Waals surface area contributed by atoms with E-state index in [1.165, 1.54) is 21.0 Å². The van der Waals surface area contributed by atoms with E-state index >= 15 is 0 Å². The molecule has 0 spiro atoms. The molecule has 1 aliphatic rings. The number of anilines is 1. The summed E-state index contributed by atoms with van der Waals surface area (Å²) in [4.78, 5) is 32.4.